The summed E-state index contributed by atoms with van der Waals surface area (Å²) in [7, 11) is 3.30. The largest absolute Gasteiger partial charge is 0.489 e. The van der Waals surface area contributed by atoms with Crippen molar-refractivity contribution in [3.05, 3.63) is 75.3 Å². The van der Waals surface area contributed by atoms with E-state index >= 15 is 8.78 Å². The van der Waals surface area contributed by atoms with Gasteiger partial charge in [0, 0.05) is 69.1 Å². The van der Waals surface area contributed by atoms with Gasteiger partial charge in [-0.15, -0.1) is 0 Å². The molecule has 3 heterocycles. The Morgan fingerprint density at radius 2 is 1.93 bits per heavy atom. The van der Waals surface area contributed by atoms with E-state index in [0.29, 0.717) is 37.1 Å². The second-order valence-corrected chi connectivity index (χ2v) is 11.0. The van der Waals surface area contributed by atoms with Crippen LogP contribution >= 0.6 is 0 Å². The summed E-state index contributed by atoms with van der Waals surface area (Å²) >= 11 is 0. The van der Waals surface area contributed by atoms with Crippen LogP contribution in [0, 0.1) is 11.6 Å². The number of H-pyrrole nitrogens is 1. The van der Waals surface area contributed by atoms with E-state index < -0.39 is 47.8 Å². The van der Waals surface area contributed by atoms with Crippen LogP contribution in [0.2, 0.25) is 0 Å². The van der Waals surface area contributed by atoms with Crippen LogP contribution in [0.15, 0.2) is 45.6 Å². The van der Waals surface area contributed by atoms with Gasteiger partial charge in [-0.1, -0.05) is 12.1 Å². The van der Waals surface area contributed by atoms with E-state index in [0.717, 1.165) is 17.0 Å². The Morgan fingerprint density at radius 1 is 1.21 bits per heavy atom. The number of nitrogens with zero attached hydrogens (tertiary/aromatic N) is 3. The highest BCUT2D eigenvalue weighted by atomic mass is 19.4. The Labute approximate surface area is 238 Å². The second kappa shape index (κ2) is 11.5. The number of rotatable bonds is 7. The van der Waals surface area contributed by atoms with Crippen LogP contribution in [0.5, 0.6) is 5.75 Å². The number of benzene rings is 2. The summed E-state index contributed by atoms with van der Waals surface area (Å²) in [6.07, 6.45) is -1.12. The van der Waals surface area contributed by atoms with Crippen LogP contribution in [-0.2, 0) is 11.2 Å². The van der Waals surface area contributed by atoms with Crippen molar-refractivity contribution >= 4 is 17.0 Å². The molecule has 0 saturated carbocycles. The zero-order valence-electron chi connectivity index (χ0n) is 23.3. The molecule has 1 aromatic heterocycles. The van der Waals surface area contributed by atoms with Gasteiger partial charge in [0.1, 0.15) is 23.5 Å². The van der Waals surface area contributed by atoms with Crippen LogP contribution < -0.4 is 10.5 Å². The van der Waals surface area contributed by atoms with Crippen molar-refractivity contribution in [2.45, 2.75) is 44.1 Å². The minimum absolute atomic E-state index is 0.0718. The van der Waals surface area contributed by atoms with Gasteiger partial charge in [0.25, 0.3) is 0 Å². The predicted molar refractivity (Wildman–Crippen MR) is 144 cm³/mol. The minimum atomic E-state index is -4.63. The molecule has 2 aromatic carbocycles. The standard InChI is InChI=1S/C29H31F5N4O4/c1-16-11-20-19(6-7-23-27(20)42-28(40)35-23)26(38(16)15-29(32,33)34)25-21(30)12-18(13-22(25)31)41-17-8-10-37(14-17)9-4-5-24(39)36(2)3/h4-7,12-13,16-17,26H,8-11,14-15H2,1-3H3,(H,35,40)/b5-4+/t16-,17-,26+/m1/s1. The molecule has 42 heavy (non-hydrogen) atoms. The number of aromatic amines is 1. The van der Waals surface area contributed by atoms with Gasteiger partial charge in [0.15, 0.2) is 5.58 Å². The monoisotopic (exact) mass is 594 g/mol. The molecular formula is C29H31F5N4O4. The van der Waals surface area contributed by atoms with Gasteiger partial charge < -0.3 is 14.1 Å². The maximum atomic E-state index is 15.7. The lowest BCUT2D eigenvalue weighted by Gasteiger charge is -2.42. The van der Waals surface area contributed by atoms with Gasteiger partial charge in [-0.05, 0) is 31.4 Å². The first-order valence-electron chi connectivity index (χ1n) is 13.5. The Morgan fingerprint density at radius 3 is 2.60 bits per heavy atom. The number of nitrogens with one attached hydrogen (secondary N) is 1. The van der Waals surface area contributed by atoms with Crippen molar-refractivity contribution < 1.29 is 35.9 Å². The molecule has 1 amide bonds. The number of carbonyl (C=O) groups is 1. The summed E-state index contributed by atoms with van der Waals surface area (Å²) in [5, 5.41) is 0. The second-order valence-electron chi connectivity index (χ2n) is 11.0. The number of likely N-dealkylation sites (tertiary alicyclic amines) is 1. The fraction of sp³-hybridized carbons (Fsp3) is 0.448. The average Bonchev–Trinajstić information content (AvgIpc) is 3.50. The first-order valence-corrected chi connectivity index (χ1v) is 13.5. The van der Waals surface area contributed by atoms with Crippen LogP contribution in [0.4, 0.5) is 22.0 Å². The Kier molecular flexibility index (Phi) is 8.17. The van der Waals surface area contributed by atoms with E-state index in [1.165, 1.54) is 30.0 Å². The van der Waals surface area contributed by atoms with E-state index in [-0.39, 0.29) is 35.3 Å². The zero-order valence-corrected chi connectivity index (χ0v) is 23.3. The van der Waals surface area contributed by atoms with Crippen molar-refractivity contribution in [3.63, 3.8) is 0 Å². The molecule has 226 valence electrons. The smallest absolute Gasteiger partial charge is 0.417 e. The quantitative estimate of drug-likeness (QED) is 0.323. The lowest BCUT2D eigenvalue weighted by Crippen LogP contribution is -2.47. The number of alkyl halides is 3. The van der Waals surface area contributed by atoms with Crippen molar-refractivity contribution in [1.82, 2.24) is 19.7 Å². The number of fused-ring (bicyclic) bond motifs is 3. The van der Waals surface area contributed by atoms with Crippen molar-refractivity contribution in [2.75, 3.05) is 40.3 Å². The van der Waals surface area contributed by atoms with E-state index in [2.05, 4.69) is 4.98 Å². The van der Waals surface area contributed by atoms with Crippen LogP contribution in [-0.4, -0.2) is 84.2 Å². The molecular weight excluding hydrogens is 563 g/mol. The molecule has 1 fully saturated rings. The minimum Gasteiger partial charge on any atom is -0.489 e. The number of oxazole rings is 1. The van der Waals surface area contributed by atoms with Crippen LogP contribution in [0.25, 0.3) is 11.1 Å². The molecule has 1 N–H and O–H groups in total. The van der Waals surface area contributed by atoms with Crippen LogP contribution in [0.3, 0.4) is 0 Å². The molecule has 3 aromatic rings. The summed E-state index contributed by atoms with van der Waals surface area (Å²) in [6.45, 7) is 1.77. The number of amides is 1. The normalized spacial score (nSPS) is 21.8. The van der Waals surface area contributed by atoms with Crippen molar-refractivity contribution in [2.24, 2.45) is 0 Å². The lowest BCUT2D eigenvalue weighted by atomic mass is 9.84. The maximum absolute atomic E-state index is 15.7. The third kappa shape index (κ3) is 6.21. The van der Waals surface area contributed by atoms with Gasteiger partial charge in [0.05, 0.1) is 18.1 Å². The number of hydrogen-bond donors (Lipinski definition) is 1. The van der Waals surface area contributed by atoms with E-state index in [1.54, 1.807) is 20.2 Å². The SMILES string of the molecule is C[C@@H]1Cc2c(ccc3[nH]c(=O)oc23)[C@@H](c2c(F)cc(O[C@@H]3CCN(C/C=C/C(=O)N(C)C)C3)cc2F)N1CC(F)(F)F. The Hall–Kier alpha value is -3.71. The highest BCUT2D eigenvalue weighted by Gasteiger charge is 2.43. The van der Waals surface area contributed by atoms with Crippen molar-refractivity contribution in [3.8, 4) is 5.75 Å². The number of likely N-dealkylation sites (N-methyl/N-ethyl adjacent to an activating group) is 1. The topological polar surface area (TPSA) is 82.0 Å². The summed E-state index contributed by atoms with van der Waals surface area (Å²) < 4.78 is 83.6. The fourth-order valence-corrected chi connectivity index (χ4v) is 5.77. The first kappa shape index (κ1) is 29.8. The molecule has 0 spiro atoms. The summed E-state index contributed by atoms with van der Waals surface area (Å²) in [5.74, 6) is -3.03. The highest BCUT2D eigenvalue weighted by Crippen LogP contribution is 2.44. The molecule has 0 unspecified atom stereocenters. The van der Waals surface area contributed by atoms with E-state index in [1.807, 2.05) is 4.90 Å². The maximum Gasteiger partial charge on any atom is 0.417 e. The predicted octanol–water partition coefficient (Wildman–Crippen LogP) is 4.40. The Balaban J connectivity index is 1.42. The number of hydrogen-bond acceptors (Lipinski definition) is 6. The van der Waals surface area contributed by atoms with Crippen molar-refractivity contribution in [1.29, 1.82) is 0 Å². The summed E-state index contributed by atoms with van der Waals surface area (Å²) in [5.41, 5.74) is 0.623. The van der Waals surface area contributed by atoms with Gasteiger partial charge in [-0.2, -0.15) is 13.2 Å². The number of aromatic nitrogens is 1. The number of halogens is 5. The highest BCUT2D eigenvalue weighted by molar-refractivity contribution is 5.87. The van der Waals surface area contributed by atoms with Gasteiger partial charge in [0.2, 0.25) is 5.91 Å². The molecule has 0 radical (unpaired) electrons. The van der Waals surface area contributed by atoms with Gasteiger partial charge in [-0.3, -0.25) is 19.6 Å². The first-order chi connectivity index (χ1) is 19.8. The van der Waals surface area contributed by atoms with Gasteiger partial charge in [-0.25, -0.2) is 13.6 Å². The number of ether oxygens (including phenoxy) is 1. The molecule has 0 bridgehead atoms. The summed E-state index contributed by atoms with van der Waals surface area (Å²) in [6, 6.07) is 2.71. The van der Waals surface area contributed by atoms with Crippen LogP contribution in [0.1, 0.15) is 36.1 Å². The molecule has 3 atom stereocenters. The zero-order chi connectivity index (χ0) is 30.3. The molecule has 2 aliphatic heterocycles. The molecule has 5 rings (SSSR count). The molecule has 13 heteroatoms. The average molecular weight is 595 g/mol. The Bertz CT molecular complexity index is 1540. The summed E-state index contributed by atoms with van der Waals surface area (Å²) in [4.78, 5) is 30.6. The molecule has 2 aliphatic rings. The fourth-order valence-electron chi connectivity index (χ4n) is 5.77. The molecule has 8 nitrogen and oxygen atoms in total. The molecule has 1 saturated heterocycles. The number of carbonyl (C=O) groups excluding carboxylic acids is 1. The third-order valence-electron chi connectivity index (χ3n) is 7.70. The van der Waals surface area contributed by atoms with E-state index in [9.17, 15) is 22.8 Å². The van der Waals surface area contributed by atoms with Gasteiger partial charge >= 0.3 is 11.9 Å². The van der Waals surface area contributed by atoms with E-state index in [4.69, 9.17) is 9.15 Å². The third-order valence-corrected chi connectivity index (χ3v) is 7.70. The molecule has 0 aliphatic carbocycles. The lowest BCUT2D eigenvalue weighted by molar-refractivity contribution is -0.155.